The highest BCUT2D eigenvalue weighted by Crippen LogP contribution is 2.31. The lowest BCUT2D eigenvalue weighted by molar-refractivity contribution is -0.119. The summed E-state index contributed by atoms with van der Waals surface area (Å²) < 4.78 is 10.6. The summed E-state index contributed by atoms with van der Waals surface area (Å²) in [6.07, 6.45) is 0. The van der Waals surface area contributed by atoms with Gasteiger partial charge in [-0.25, -0.2) is 4.98 Å². The van der Waals surface area contributed by atoms with E-state index in [0.29, 0.717) is 24.6 Å². The van der Waals surface area contributed by atoms with Crippen LogP contribution in [0.2, 0.25) is 0 Å². The topological polar surface area (TPSA) is 72.5 Å². The number of hydrogen-bond acceptors (Lipinski definition) is 7. The first-order valence-corrected chi connectivity index (χ1v) is 10.0. The molecule has 0 radical (unpaired) electrons. The number of hydrogen-bond donors (Lipinski definition) is 2. The number of nitrogens with one attached hydrogen (secondary N) is 2. The van der Waals surface area contributed by atoms with Crippen molar-refractivity contribution >= 4 is 33.7 Å². The quantitative estimate of drug-likeness (QED) is 0.591. The molecule has 27 heavy (non-hydrogen) atoms. The molecule has 0 aliphatic carbocycles. The lowest BCUT2D eigenvalue weighted by Gasteiger charge is -2.09. The Morgan fingerprint density at radius 1 is 1.11 bits per heavy atom. The Morgan fingerprint density at radius 3 is 2.67 bits per heavy atom. The first-order valence-electron chi connectivity index (χ1n) is 8.33. The van der Waals surface area contributed by atoms with Gasteiger partial charge in [-0.1, -0.05) is 6.07 Å². The highest BCUT2D eigenvalue weighted by Gasteiger charge is 2.09. The summed E-state index contributed by atoms with van der Waals surface area (Å²) in [5, 5.41) is 9.05. The van der Waals surface area contributed by atoms with Crippen molar-refractivity contribution < 1.29 is 14.3 Å². The maximum Gasteiger partial charge on any atom is 0.217 e. The largest absolute Gasteiger partial charge is 0.493 e. The first-order chi connectivity index (χ1) is 13.1. The van der Waals surface area contributed by atoms with Crippen LogP contribution in [0.25, 0.3) is 10.6 Å². The fourth-order valence-corrected chi connectivity index (χ4v) is 4.15. The van der Waals surface area contributed by atoms with E-state index in [0.717, 1.165) is 26.1 Å². The lowest BCUT2D eigenvalue weighted by atomic mass is 10.2. The molecule has 0 bridgehead atoms. The molecule has 0 unspecified atom stereocenters. The van der Waals surface area contributed by atoms with Gasteiger partial charge in [0, 0.05) is 23.7 Å². The van der Waals surface area contributed by atoms with Crippen molar-refractivity contribution in [2.75, 3.05) is 19.5 Å². The van der Waals surface area contributed by atoms with Crippen LogP contribution in [0.1, 0.15) is 17.4 Å². The van der Waals surface area contributed by atoms with Gasteiger partial charge in [0.2, 0.25) is 5.91 Å². The second-order valence-electron chi connectivity index (χ2n) is 5.76. The third-order valence-corrected chi connectivity index (χ3v) is 5.73. The van der Waals surface area contributed by atoms with Gasteiger partial charge in [-0.05, 0) is 29.8 Å². The van der Waals surface area contributed by atoms with Crippen molar-refractivity contribution in [2.24, 2.45) is 0 Å². The van der Waals surface area contributed by atoms with Crippen LogP contribution in [-0.4, -0.2) is 25.1 Å². The Morgan fingerprint density at radius 2 is 1.93 bits per heavy atom. The number of thiazole rings is 1. The van der Waals surface area contributed by atoms with Gasteiger partial charge in [-0.2, -0.15) is 0 Å². The van der Waals surface area contributed by atoms with E-state index in [1.807, 2.05) is 35.7 Å². The minimum Gasteiger partial charge on any atom is -0.493 e. The Balaban J connectivity index is 1.62. The monoisotopic (exact) mass is 403 g/mol. The predicted molar refractivity (Wildman–Crippen MR) is 110 cm³/mol. The molecule has 0 atom stereocenters. The molecule has 142 valence electrons. The Kier molecular flexibility index (Phi) is 6.31. The summed E-state index contributed by atoms with van der Waals surface area (Å²) in [7, 11) is 3.25. The Labute approximate surface area is 166 Å². The normalized spacial score (nSPS) is 10.5. The number of rotatable bonds is 8. The number of aromatic nitrogens is 1. The summed E-state index contributed by atoms with van der Waals surface area (Å²) in [5.41, 5.74) is 2.02. The van der Waals surface area contributed by atoms with Crippen molar-refractivity contribution in [3.05, 3.63) is 46.2 Å². The third kappa shape index (κ3) is 4.99. The fraction of sp³-hybridized carbons (Fsp3) is 0.263. The molecular formula is C19H21N3O3S2. The molecule has 2 N–H and O–H groups in total. The van der Waals surface area contributed by atoms with Crippen molar-refractivity contribution in [3.8, 4) is 22.1 Å². The predicted octanol–water partition coefficient (Wildman–Crippen LogP) is 4.14. The van der Waals surface area contributed by atoms with Gasteiger partial charge in [0.1, 0.15) is 0 Å². The number of ether oxygens (including phenoxy) is 2. The standard InChI is InChI=1S/C19H21N3O3S2/c1-12(23)20-10-14-5-7-18(27-14)15-11-26-19(22-15)21-9-13-4-6-16(24-2)17(8-13)25-3/h4-8,11H,9-10H2,1-3H3,(H,20,23)(H,21,22). The lowest BCUT2D eigenvalue weighted by Crippen LogP contribution is -2.17. The molecule has 2 aromatic heterocycles. The summed E-state index contributed by atoms with van der Waals surface area (Å²) >= 11 is 3.20. The zero-order valence-corrected chi connectivity index (χ0v) is 17.0. The maximum atomic E-state index is 11.0. The zero-order valence-electron chi connectivity index (χ0n) is 15.4. The number of methoxy groups -OCH3 is 2. The second kappa shape index (κ2) is 8.88. The number of nitrogens with zero attached hydrogens (tertiary/aromatic N) is 1. The van der Waals surface area contributed by atoms with Crippen LogP contribution in [0.4, 0.5) is 5.13 Å². The van der Waals surface area contributed by atoms with E-state index in [2.05, 4.69) is 15.6 Å². The SMILES string of the molecule is COc1ccc(CNc2nc(-c3ccc(CNC(C)=O)s3)cs2)cc1OC. The zero-order chi connectivity index (χ0) is 19.2. The van der Waals surface area contributed by atoms with E-state index in [9.17, 15) is 4.79 Å². The minimum absolute atomic E-state index is 0.0275. The Hall–Kier alpha value is -2.58. The number of carbonyl (C=O) groups excluding carboxylic acids is 1. The van der Waals surface area contributed by atoms with Crippen molar-refractivity contribution in [1.29, 1.82) is 0 Å². The van der Waals surface area contributed by atoms with Crippen LogP contribution in [0.3, 0.4) is 0 Å². The average Bonchev–Trinajstić information content (AvgIpc) is 3.33. The van der Waals surface area contributed by atoms with Crippen LogP contribution in [-0.2, 0) is 17.9 Å². The van der Waals surface area contributed by atoms with E-state index in [4.69, 9.17) is 9.47 Å². The molecule has 6 nitrogen and oxygen atoms in total. The van der Waals surface area contributed by atoms with Crippen molar-refractivity contribution in [3.63, 3.8) is 0 Å². The summed E-state index contributed by atoms with van der Waals surface area (Å²) in [6, 6.07) is 9.90. The second-order valence-corrected chi connectivity index (χ2v) is 7.78. The van der Waals surface area contributed by atoms with Crippen molar-refractivity contribution in [2.45, 2.75) is 20.0 Å². The van der Waals surface area contributed by atoms with Crippen LogP contribution in [0.15, 0.2) is 35.7 Å². The van der Waals surface area contributed by atoms with Gasteiger partial charge >= 0.3 is 0 Å². The van der Waals surface area contributed by atoms with Gasteiger partial charge in [0.05, 0.1) is 31.3 Å². The minimum atomic E-state index is -0.0275. The number of anilines is 1. The highest BCUT2D eigenvalue weighted by atomic mass is 32.1. The van der Waals surface area contributed by atoms with E-state index in [-0.39, 0.29) is 5.91 Å². The summed E-state index contributed by atoms with van der Waals surface area (Å²) in [4.78, 5) is 17.9. The molecule has 2 heterocycles. The highest BCUT2D eigenvalue weighted by molar-refractivity contribution is 7.17. The molecule has 1 amide bonds. The molecule has 0 aliphatic heterocycles. The van der Waals surface area contributed by atoms with Crippen molar-refractivity contribution in [1.82, 2.24) is 10.3 Å². The molecule has 0 saturated heterocycles. The summed E-state index contributed by atoms with van der Waals surface area (Å²) in [6.45, 7) is 2.71. The van der Waals surface area contributed by atoms with E-state index >= 15 is 0 Å². The van der Waals surface area contributed by atoms with Gasteiger partial charge in [0.25, 0.3) is 0 Å². The molecule has 0 spiro atoms. The molecular weight excluding hydrogens is 382 g/mol. The van der Waals surface area contributed by atoms with E-state index in [1.165, 1.54) is 6.92 Å². The number of amides is 1. The smallest absolute Gasteiger partial charge is 0.217 e. The van der Waals surface area contributed by atoms with E-state index in [1.54, 1.807) is 36.9 Å². The molecule has 0 saturated carbocycles. The molecule has 0 fully saturated rings. The molecule has 8 heteroatoms. The molecule has 3 aromatic rings. The van der Waals surface area contributed by atoms with Crippen LogP contribution < -0.4 is 20.1 Å². The maximum absolute atomic E-state index is 11.0. The number of benzene rings is 1. The number of carbonyl (C=O) groups is 1. The number of thiophene rings is 1. The van der Waals surface area contributed by atoms with Crippen LogP contribution in [0.5, 0.6) is 11.5 Å². The van der Waals surface area contributed by atoms with E-state index < -0.39 is 0 Å². The van der Waals surface area contributed by atoms with Gasteiger partial charge in [0.15, 0.2) is 16.6 Å². The Bertz CT molecular complexity index is 921. The average molecular weight is 404 g/mol. The molecule has 3 rings (SSSR count). The van der Waals surface area contributed by atoms with Crippen LogP contribution >= 0.6 is 22.7 Å². The van der Waals surface area contributed by atoms with Gasteiger partial charge in [-0.15, -0.1) is 22.7 Å². The van der Waals surface area contributed by atoms with Crippen LogP contribution in [0, 0.1) is 0 Å². The first kappa shape index (κ1) is 19.2. The summed E-state index contributed by atoms with van der Waals surface area (Å²) in [5.74, 6) is 1.40. The molecule has 0 aliphatic rings. The molecule has 1 aromatic carbocycles. The van der Waals surface area contributed by atoms with Gasteiger partial charge in [-0.3, -0.25) is 4.79 Å². The van der Waals surface area contributed by atoms with Gasteiger partial charge < -0.3 is 20.1 Å². The fourth-order valence-electron chi connectivity index (χ4n) is 2.46. The third-order valence-electron chi connectivity index (χ3n) is 3.82.